The average molecular weight is 284 g/mol. The highest BCUT2D eigenvalue weighted by Crippen LogP contribution is 2.31. The van der Waals surface area contributed by atoms with E-state index in [9.17, 15) is 13.5 Å². The molecule has 6 heteroatoms. The summed E-state index contributed by atoms with van der Waals surface area (Å²) >= 11 is 0. The lowest BCUT2D eigenvalue weighted by atomic mass is 10.0. The molecule has 5 nitrogen and oxygen atoms in total. The van der Waals surface area contributed by atoms with Gasteiger partial charge in [-0.05, 0) is 43.5 Å². The number of nitrogen functional groups attached to an aromatic ring is 1. The quantitative estimate of drug-likeness (QED) is 0.723. The molecule has 0 atom stereocenters. The molecule has 1 aliphatic carbocycles. The van der Waals surface area contributed by atoms with Gasteiger partial charge in [0.25, 0.3) is 0 Å². The van der Waals surface area contributed by atoms with Crippen LogP contribution in [0.2, 0.25) is 0 Å². The molecule has 0 spiro atoms. The van der Waals surface area contributed by atoms with Crippen LogP contribution in [0.25, 0.3) is 0 Å². The minimum atomic E-state index is -3.62. The van der Waals surface area contributed by atoms with E-state index in [0.29, 0.717) is 18.5 Å². The Morgan fingerprint density at radius 3 is 2.53 bits per heavy atom. The molecule has 2 rings (SSSR count). The number of aryl methyl sites for hydroxylation is 1. The fraction of sp³-hybridized carbons (Fsp3) is 0.538. The van der Waals surface area contributed by atoms with E-state index in [2.05, 4.69) is 4.72 Å². The summed E-state index contributed by atoms with van der Waals surface area (Å²) in [5, 5.41) is 9.48. The van der Waals surface area contributed by atoms with Crippen molar-refractivity contribution in [3.05, 3.63) is 23.8 Å². The molecule has 4 N–H and O–H groups in total. The molecule has 0 heterocycles. The van der Waals surface area contributed by atoms with Gasteiger partial charge in [0.1, 0.15) is 0 Å². The number of hydrogen-bond donors (Lipinski definition) is 3. The Hall–Kier alpha value is -1.11. The molecule has 1 aromatic carbocycles. The van der Waals surface area contributed by atoms with Crippen LogP contribution in [0.4, 0.5) is 5.69 Å². The van der Waals surface area contributed by atoms with E-state index in [-0.39, 0.29) is 11.5 Å². The van der Waals surface area contributed by atoms with E-state index in [1.54, 1.807) is 19.1 Å². The van der Waals surface area contributed by atoms with Crippen molar-refractivity contribution in [2.45, 2.75) is 43.0 Å². The number of anilines is 1. The Balaban J connectivity index is 2.29. The molecule has 0 bridgehead atoms. The van der Waals surface area contributed by atoms with E-state index in [1.807, 2.05) is 0 Å². The van der Waals surface area contributed by atoms with Crippen LogP contribution in [0.3, 0.4) is 0 Å². The lowest BCUT2D eigenvalue weighted by Crippen LogP contribution is -2.49. The van der Waals surface area contributed by atoms with E-state index in [4.69, 9.17) is 5.73 Å². The number of benzene rings is 1. The van der Waals surface area contributed by atoms with Crippen molar-refractivity contribution in [3.8, 4) is 0 Å². The summed E-state index contributed by atoms with van der Waals surface area (Å²) < 4.78 is 27.4. The predicted molar refractivity (Wildman–Crippen MR) is 74.2 cm³/mol. The van der Waals surface area contributed by atoms with Gasteiger partial charge in [-0.3, -0.25) is 0 Å². The molecular weight excluding hydrogens is 264 g/mol. The minimum Gasteiger partial charge on any atom is -0.399 e. The third-order valence-corrected chi connectivity index (χ3v) is 5.34. The van der Waals surface area contributed by atoms with Gasteiger partial charge in [0.15, 0.2) is 0 Å². The molecule has 0 amide bonds. The van der Waals surface area contributed by atoms with Crippen LogP contribution in [-0.2, 0) is 10.0 Å². The first kappa shape index (κ1) is 14.3. The second-order valence-electron chi connectivity index (χ2n) is 5.27. The first-order chi connectivity index (χ1) is 8.88. The van der Waals surface area contributed by atoms with Crippen LogP contribution in [-0.4, -0.2) is 25.7 Å². The maximum atomic E-state index is 12.4. The van der Waals surface area contributed by atoms with Crippen molar-refractivity contribution >= 4 is 15.7 Å². The largest absolute Gasteiger partial charge is 0.399 e. The molecule has 0 unspecified atom stereocenters. The number of sulfonamides is 1. The molecule has 19 heavy (non-hydrogen) atoms. The van der Waals surface area contributed by atoms with Crippen LogP contribution in [0.15, 0.2) is 23.1 Å². The second kappa shape index (κ2) is 5.11. The summed E-state index contributed by atoms with van der Waals surface area (Å²) in [5.74, 6) is 0. The first-order valence-corrected chi connectivity index (χ1v) is 7.88. The number of aliphatic hydroxyl groups excluding tert-OH is 1. The van der Waals surface area contributed by atoms with Crippen LogP contribution in [0, 0.1) is 6.92 Å². The Labute approximate surface area is 113 Å². The Morgan fingerprint density at radius 1 is 1.37 bits per heavy atom. The minimum absolute atomic E-state index is 0.166. The van der Waals surface area contributed by atoms with Crippen LogP contribution < -0.4 is 10.5 Å². The molecule has 1 aliphatic rings. The monoisotopic (exact) mass is 284 g/mol. The van der Waals surface area contributed by atoms with Crippen molar-refractivity contribution < 1.29 is 13.5 Å². The summed E-state index contributed by atoms with van der Waals surface area (Å²) in [6.07, 6.45) is 3.22. The van der Waals surface area contributed by atoms with Gasteiger partial charge in [-0.2, -0.15) is 0 Å². The normalized spacial score (nSPS) is 18.6. The second-order valence-corrected chi connectivity index (χ2v) is 6.95. The maximum Gasteiger partial charge on any atom is 0.241 e. The fourth-order valence-corrected chi connectivity index (χ4v) is 4.04. The van der Waals surface area contributed by atoms with E-state index >= 15 is 0 Å². The summed E-state index contributed by atoms with van der Waals surface area (Å²) in [6.45, 7) is 1.60. The zero-order valence-electron chi connectivity index (χ0n) is 11.0. The predicted octanol–water partition coefficient (Wildman–Crippen LogP) is 1.16. The summed E-state index contributed by atoms with van der Waals surface area (Å²) in [6, 6.07) is 4.63. The molecule has 0 aliphatic heterocycles. The topological polar surface area (TPSA) is 92.4 Å². The van der Waals surface area contributed by atoms with Crippen molar-refractivity contribution in [1.29, 1.82) is 0 Å². The molecule has 0 radical (unpaired) electrons. The number of nitrogens with one attached hydrogen (secondary N) is 1. The van der Waals surface area contributed by atoms with Crippen molar-refractivity contribution in [2.24, 2.45) is 0 Å². The highest BCUT2D eigenvalue weighted by atomic mass is 32.2. The molecule has 0 saturated heterocycles. The van der Waals surface area contributed by atoms with Gasteiger partial charge in [-0.1, -0.05) is 12.8 Å². The first-order valence-electron chi connectivity index (χ1n) is 6.40. The van der Waals surface area contributed by atoms with Crippen LogP contribution in [0.5, 0.6) is 0 Å². The molecule has 1 fully saturated rings. The van der Waals surface area contributed by atoms with Gasteiger partial charge < -0.3 is 10.8 Å². The zero-order chi connectivity index (χ0) is 14.1. The zero-order valence-corrected chi connectivity index (χ0v) is 11.8. The van der Waals surface area contributed by atoms with Crippen molar-refractivity contribution in [3.63, 3.8) is 0 Å². The summed E-state index contributed by atoms with van der Waals surface area (Å²) in [4.78, 5) is 0.193. The van der Waals surface area contributed by atoms with E-state index in [0.717, 1.165) is 18.4 Å². The number of aliphatic hydroxyl groups is 1. The number of rotatable bonds is 4. The van der Waals surface area contributed by atoms with Gasteiger partial charge in [0.2, 0.25) is 10.0 Å². The Morgan fingerprint density at radius 2 is 2.00 bits per heavy atom. The number of hydrogen-bond acceptors (Lipinski definition) is 4. The van der Waals surface area contributed by atoms with E-state index in [1.165, 1.54) is 6.07 Å². The Kier molecular flexibility index (Phi) is 3.85. The van der Waals surface area contributed by atoms with Crippen LogP contribution >= 0.6 is 0 Å². The van der Waals surface area contributed by atoms with Gasteiger partial charge in [0.05, 0.1) is 17.0 Å². The van der Waals surface area contributed by atoms with Gasteiger partial charge in [0, 0.05) is 5.69 Å². The maximum absolute atomic E-state index is 12.4. The van der Waals surface area contributed by atoms with Gasteiger partial charge in [-0.25, -0.2) is 13.1 Å². The standard InChI is InChI=1S/C13H20N2O3S/c1-10-8-11(4-5-12(10)14)19(17,18)15-13(9-16)6-2-3-7-13/h4-5,8,15-16H,2-3,6-7,9,14H2,1H3. The fourth-order valence-electron chi connectivity index (χ4n) is 2.50. The molecule has 106 valence electrons. The van der Waals surface area contributed by atoms with E-state index < -0.39 is 15.6 Å². The molecular formula is C13H20N2O3S. The average Bonchev–Trinajstić information content (AvgIpc) is 2.81. The van der Waals surface area contributed by atoms with Crippen molar-refractivity contribution in [1.82, 2.24) is 4.72 Å². The van der Waals surface area contributed by atoms with Crippen LogP contribution in [0.1, 0.15) is 31.2 Å². The smallest absolute Gasteiger partial charge is 0.241 e. The van der Waals surface area contributed by atoms with Crippen molar-refractivity contribution in [2.75, 3.05) is 12.3 Å². The van der Waals surface area contributed by atoms with Gasteiger partial charge in [-0.15, -0.1) is 0 Å². The molecule has 1 saturated carbocycles. The SMILES string of the molecule is Cc1cc(S(=O)(=O)NC2(CO)CCCC2)ccc1N. The third-order valence-electron chi connectivity index (χ3n) is 3.77. The molecule has 1 aromatic rings. The number of nitrogens with two attached hydrogens (primary N) is 1. The Bertz CT molecular complexity index is 563. The highest BCUT2D eigenvalue weighted by molar-refractivity contribution is 7.89. The highest BCUT2D eigenvalue weighted by Gasteiger charge is 2.37. The lowest BCUT2D eigenvalue weighted by molar-refractivity contribution is 0.185. The van der Waals surface area contributed by atoms with Gasteiger partial charge >= 0.3 is 0 Å². The third kappa shape index (κ3) is 2.91. The molecule has 0 aromatic heterocycles. The lowest BCUT2D eigenvalue weighted by Gasteiger charge is -2.27. The summed E-state index contributed by atoms with van der Waals surface area (Å²) in [7, 11) is -3.62. The summed E-state index contributed by atoms with van der Waals surface area (Å²) in [5.41, 5.74) is 6.29.